The highest BCUT2D eigenvalue weighted by Gasteiger charge is 1.92. The molecule has 0 aliphatic carbocycles. The van der Waals surface area contributed by atoms with E-state index in [2.05, 4.69) is 0 Å². The zero-order valence-corrected chi connectivity index (χ0v) is 6.53. The van der Waals surface area contributed by atoms with Gasteiger partial charge in [-0.25, -0.2) is 0 Å². The lowest BCUT2D eigenvalue weighted by Crippen LogP contribution is -1.90. The van der Waals surface area contributed by atoms with Gasteiger partial charge in [-0.15, -0.1) is 0 Å². The Labute approximate surface area is 60.7 Å². The molecule has 0 radical (unpaired) electrons. The third kappa shape index (κ3) is 5.57. The third-order valence-corrected chi connectivity index (χ3v) is 1.16. The topological polar surface area (TPSA) is 17.1 Å². The molecule has 0 saturated heterocycles. The highest BCUT2D eigenvalue weighted by atomic mass is 35.5. The summed E-state index contributed by atoms with van der Waals surface area (Å²) in [6, 6.07) is 0. The highest BCUT2D eigenvalue weighted by molar-refractivity contribution is 6.29. The smallest absolute Gasteiger partial charge is 0.136 e. The molecule has 0 aliphatic heterocycles. The normalized spacial score (nSPS) is 11.7. The van der Waals surface area contributed by atoms with E-state index in [4.69, 9.17) is 11.6 Å². The molecule has 0 saturated carbocycles. The average molecular weight is 147 g/mol. The van der Waals surface area contributed by atoms with Crippen molar-refractivity contribution >= 4 is 17.4 Å². The lowest BCUT2D eigenvalue weighted by atomic mass is 10.2. The maximum absolute atomic E-state index is 10.6. The predicted octanol–water partition coefficient (Wildman–Crippen LogP) is 2.50. The van der Waals surface area contributed by atoms with E-state index in [0.717, 1.165) is 0 Å². The Kier molecular flexibility index (Phi) is 4.41. The maximum Gasteiger partial charge on any atom is 0.136 e. The minimum atomic E-state index is 0.231. The second-order valence-electron chi connectivity index (χ2n) is 1.89. The molecule has 0 rings (SSSR count). The summed E-state index contributed by atoms with van der Waals surface area (Å²) in [5.74, 6) is 0.231. The van der Waals surface area contributed by atoms with Gasteiger partial charge in [0, 0.05) is 17.9 Å². The van der Waals surface area contributed by atoms with Crippen LogP contribution in [0.3, 0.4) is 0 Å². The Morgan fingerprint density at radius 1 is 1.67 bits per heavy atom. The van der Waals surface area contributed by atoms with E-state index >= 15 is 0 Å². The molecule has 0 N–H and O–H groups in total. The second-order valence-corrected chi connectivity index (χ2v) is 2.48. The molecule has 9 heavy (non-hydrogen) atoms. The number of carbonyl (C=O) groups excluding carboxylic acids is 1. The molecule has 0 aromatic carbocycles. The fourth-order valence-electron chi connectivity index (χ4n) is 0.399. The van der Waals surface area contributed by atoms with Gasteiger partial charge >= 0.3 is 0 Å². The van der Waals surface area contributed by atoms with E-state index in [1.807, 2.05) is 6.92 Å². The van der Waals surface area contributed by atoms with Gasteiger partial charge in [0.05, 0.1) is 0 Å². The Balaban J connectivity index is 3.50. The molecule has 2 heteroatoms. The van der Waals surface area contributed by atoms with Crippen molar-refractivity contribution in [2.45, 2.75) is 26.7 Å². The molecule has 0 bridgehead atoms. The molecule has 0 spiro atoms. The summed E-state index contributed by atoms with van der Waals surface area (Å²) in [6.45, 7) is 3.62. The summed E-state index contributed by atoms with van der Waals surface area (Å²) in [4.78, 5) is 10.6. The average Bonchev–Trinajstić information content (AvgIpc) is 1.83. The number of hydrogen-bond acceptors (Lipinski definition) is 1. The van der Waals surface area contributed by atoms with Crippen LogP contribution in [0, 0.1) is 0 Å². The molecule has 1 nitrogen and oxygen atoms in total. The second kappa shape index (κ2) is 4.57. The Hall–Kier alpha value is -0.300. The first kappa shape index (κ1) is 8.70. The first-order valence-electron chi connectivity index (χ1n) is 3.00. The molecule has 0 aliphatic rings. The zero-order valence-electron chi connectivity index (χ0n) is 5.78. The van der Waals surface area contributed by atoms with Gasteiger partial charge in [0.15, 0.2) is 0 Å². The fraction of sp³-hybridized carbons (Fsp3) is 0.571. The van der Waals surface area contributed by atoms with Gasteiger partial charge < -0.3 is 0 Å². The van der Waals surface area contributed by atoms with Crippen LogP contribution >= 0.6 is 11.6 Å². The van der Waals surface area contributed by atoms with E-state index in [0.29, 0.717) is 17.9 Å². The van der Waals surface area contributed by atoms with Crippen molar-refractivity contribution in [3.8, 4) is 0 Å². The first-order valence-corrected chi connectivity index (χ1v) is 3.38. The number of ketones is 1. The van der Waals surface area contributed by atoms with Gasteiger partial charge in [-0.2, -0.15) is 0 Å². The molecule has 0 amide bonds. The van der Waals surface area contributed by atoms with Crippen LogP contribution in [0.2, 0.25) is 0 Å². The molecular weight excluding hydrogens is 136 g/mol. The standard InChI is InChI=1S/C7H11ClO/c1-3-7(9)5-4-6(2)8/h4H,3,5H2,1-2H3/b6-4-. The van der Waals surface area contributed by atoms with E-state index in [9.17, 15) is 4.79 Å². The van der Waals surface area contributed by atoms with Crippen molar-refractivity contribution in [3.05, 3.63) is 11.1 Å². The Morgan fingerprint density at radius 3 is 2.56 bits per heavy atom. The van der Waals surface area contributed by atoms with Gasteiger partial charge in [0.25, 0.3) is 0 Å². The van der Waals surface area contributed by atoms with Gasteiger partial charge in [-0.3, -0.25) is 4.79 Å². The van der Waals surface area contributed by atoms with Crippen molar-refractivity contribution in [2.75, 3.05) is 0 Å². The van der Waals surface area contributed by atoms with Gasteiger partial charge in [-0.05, 0) is 6.92 Å². The van der Waals surface area contributed by atoms with Gasteiger partial charge in [-0.1, -0.05) is 24.6 Å². The van der Waals surface area contributed by atoms with Crippen LogP contribution < -0.4 is 0 Å². The molecule has 0 unspecified atom stereocenters. The minimum Gasteiger partial charge on any atom is -0.299 e. The maximum atomic E-state index is 10.6. The predicted molar refractivity (Wildman–Crippen MR) is 39.5 cm³/mol. The number of Topliss-reactive ketones (excluding diaryl/α,β-unsaturated/α-hetero) is 1. The van der Waals surface area contributed by atoms with Crippen molar-refractivity contribution in [1.82, 2.24) is 0 Å². The first-order chi connectivity index (χ1) is 4.16. The Morgan fingerprint density at radius 2 is 2.22 bits per heavy atom. The molecule has 0 atom stereocenters. The monoisotopic (exact) mass is 146 g/mol. The number of rotatable bonds is 3. The summed E-state index contributed by atoms with van der Waals surface area (Å²) < 4.78 is 0. The molecular formula is C7H11ClO. The van der Waals surface area contributed by atoms with Crippen LogP contribution in [0.5, 0.6) is 0 Å². The van der Waals surface area contributed by atoms with E-state index < -0.39 is 0 Å². The lowest BCUT2D eigenvalue weighted by Gasteiger charge is -1.88. The van der Waals surface area contributed by atoms with Crippen LogP contribution in [0.15, 0.2) is 11.1 Å². The summed E-state index contributed by atoms with van der Waals surface area (Å²) in [5, 5.41) is 0.691. The number of halogens is 1. The van der Waals surface area contributed by atoms with Crippen LogP contribution in [-0.2, 0) is 4.79 Å². The van der Waals surface area contributed by atoms with Crippen molar-refractivity contribution in [2.24, 2.45) is 0 Å². The van der Waals surface area contributed by atoms with Crippen molar-refractivity contribution in [3.63, 3.8) is 0 Å². The van der Waals surface area contributed by atoms with Crippen LogP contribution in [0.1, 0.15) is 26.7 Å². The SMILES string of the molecule is CCC(=O)C/C=C(/C)Cl. The van der Waals surface area contributed by atoms with Crippen LogP contribution in [0.25, 0.3) is 0 Å². The van der Waals surface area contributed by atoms with Crippen LogP contribution in [-0.4, -0.2) is 5.78 Å². The Bertz CT molecular complexity index is 123. The number of carbonyl (C=O) groups is 1. The quantitative estimate of drug-likeness (QED) is 0.598. The zero-order chi connectivity index (χ0) is 7.28. The number of hydrogen-bond donors (Lipinski definition) is 0. The largest absolute Gasteiger partial charge is 0.299 e. The van der Waals surface area contributed by atoms with Gasteiger partial charge in [0.1, 0.15) is 5.78 Å². The lowest BCUT2D eigenvalue weighted by molar-refractivity contribution is -0.117. The summed E-state index contributed by atoms with van der Waals surface area (Å²) in [5.41, 5.74) is 0. The van der Waals surface area contributed by atoms with E-state index in [-0.39, 0.29) is 5.78 Å². The molecule has 0 fully saturated rings. The molecule has 0 heterocycles. The minimum absolute atomic E-state index is 0.231. The van der Waals surface area contributed by atoms with E-state index in [1.165, 1.54) is 0 Å². The highest BCUT2D eigenvalue weighted by Crippen LogP contribution is 2.01. The summed E-state index contributed by atoms with van der Waals surface area (Å²) >= 11 is 5.49. The fourth-order valence-corrected chi connectivity index (χ4v) is 0.476. The summed E-state index contributed by atoms with van der Waals surface area (Å²) in [6.07, 6.45) is 2.81. The third-order valence-electron chi connectivity index (χ3n) is 1.01. The molecule has 52 valence electrons. The summed E-state index contributed by atoms with van der Waals surface area (Å²) in [7, 11) is 0. The van der Waals surface area contributed by atoms with Crippen molar-refractivity contribution in [1.29, 1.82) is 0 Å². The van der Waals surface area contributed by atoms with Gasteiger partial charge in [0.2, 0.25) is 0 Å². The molecule has 0 aromatic rings. The van der Waals surface area contributed by atoms with Crippen LogP contribution in [0.4, 0.5) is 0 Å². The van der Waals surface area contributed by atoms with E-state index in [1.54, 1.807) is 13.0 Å². The number of allylic oxidation sites excluding steroid dienone is 2. The molecule has 0 aromatic heterocycles. The van der Waals surface area contributed by atoms with Crippen molar-refractivity contribution < 1.29 is 4.79 Å².